The smallest absolute Gasteiger partial charge is 0.195 e. The van der Waals surface area contributed by atoms with E-state index >= 15 is 0 Å². The third kappa shape index (κ3) is 5.14. The van der Waals surface area contributed by atoms with Crippen LogP contribution in [0, 0.1) is 0 Å². The van der Waals surface area contributed by atoms with Crippen molar-refractivity contribution in [2.75, 3.05) is 0 Å². The number of Topliss-reactive ketones (excluding diaryl/α,β-unsaturated/α-hetero) is 2. The molecule has 0 rings (SSSR count). The second kappa shape index (κ2) is 5.46. The number of carbonyl (C=O) groups is 4. The minimum Gasteiger partial charge on any atom is -0.295 e. The maximum Gasteiger partial charge on any atom is 0.195 e. The third-order valence-corrected chi connectivity index (χ3v) is 1.11. The lowest BCUT2D eigenvalue weighted by atomic mass is 10.1. The van der Waals surface area contributed by atoms with Crippen LogP contribution in [0.4, 0.5) is 0 Å². The number of rotatable bonds is 6. The van der Waals surface area contributed by atoms with Gasteiger partial charge in [0, 0.05) is 12.8 Å². The molecule has 0 heterocycles. The molecule has 0 aromatic rings. The van der Waals surface area contributed by atoms with E-state index in [2.05, 4.69) is 0 Å². The average molecular weight is 156 g/mol. The van der Waals surface area contributed by atoms with E-state index in [9.17, 15) is 19.2 Å². The van der Waals surface area contributed by atoms with Crippen molar-refractivity contribution in [3.8, 4) is 0 Å². The fourth-order valence-electron chi connectivity index (χ4n) is 0.555. The van der Waals surface area contributed by atoms with Crippen molar-refractivity contribution in [3.05, 3.63) is 0 Å². The van der Waals surface area contributed by atoms with Crippen molar-refractivity contribution in [3.63, 3.8) is 0 Å². The van der Waals surface area contributed by atoms with Crippen molar-refractivity contribution in [1.29, 1.82) is 0 Å². The van der Waals surface area contributed by atoms with E-state index in [-0.39, 0.29) is 31.8 Å². The Hall–Kier alpha value is -1.32. The van der Waals surface area contributed by atoms with Crippen molar-refractivity contribution in [1.82, 2.24) is 0 Å². The minimum absolute atomic E-state index is 0.0447. The summed E-state index contributed by atoms with van der Waals surface area (Å²) in [5, 5.41) is 0. The molecule has 0 radical (unpaired) electrons. The van der Waals surface area contributed by atoms with Gasteiger partial charge < -0.3 is 0 Å². The lowest BCUT2D eigenvalue weighted by Gasteiger charge is -1.89. The normalized spacial score (nSPS) is 8.73. The van der Waals surface area contributed by atoms with E-state index in [1.165, 1.54) is 0 Å². The second-order valence-corrected chi connectivity index (χ2v) is 2.02. The van der Waals surface area contributed by atoms with E-state index in [0.29, 0.717) is 0 Å². The number of aldehydes is 2. The van der Waals surface area contributed by atoms with Crippen molar-refractivity contribution in [2.24, 2.45) is 0 Å². The summed E-state index contributed by atoms with van der Waals surface area (Å²) >= 11 is 0. The van der Waals surface area contributed by atoms with Gasteiger partial charge in [-0.25, -0.2) is 0 Å². The van der Waals surface area contributed by atoms with E-state index < -0.39 is 11.6 Å². The van der Waals surface area contributed by atoms with E-state index in [1.807, 2.05) is 0 Å². The van der Waals surface area contributed by atoms with E-state index in [0.717, 1.165) is 0 Å². The summed E-state index contributed by atoms with van der Waals surface area (Å²) in [6, 6.07) is 0. The standard InChI is InChI=1S/C7H8O4/c8-4-6(10)2-1-3-7(11)5-9/h4-5H,1-3H2. The van der Waals surface area contributed by atoms with Gasteiger partial charge in [-0.1, -0.05) is 0 Å². The summed E-state index contributed by atoms with van der Waals surface area (Å²) in [5.41, 5.74) is 0. The minimum atomic E-state index is -0.538. The van der Waals surface area contributed by atoms with Crippen molar-refractivity contribution in [2.45, 2.75) is 19.3 Å². The van der Waals surface area contributed by atoms with E-state index in [4.69, 9.17) is 0 Å². The SMILES string of the molecule is O=CC(=O)CCCC(=O)C=O. The molecule has 4 heteroatoms. The molecule has 0 spiro atoms. The van der Waals surface area contributed by atoms with Crippen LogP contribution < -0.4 is 0 Å². The van der Waals surface area contributed by atoms with Crippen LogP contribution >= 0.6 is 0 Å². The van der Waals surface area contributed by atoms with Crippen LogP contribution in [0.3, 0.4) is 0 Å². The maximum absolute atomic E-state index is 10.3. The summed E-state index contributed by atoms with van der Waals surface area (Å²) in [4.78, 5) is 40.1. The van der Waals surface area contributed by atoms with Gasteiger partial charge in [0.1, 0.15) is 0 Å². The monoisotopic (exact) mass is 156 g/mol. The summed E-state index contributed by atoms with van der Waals surface area (Å²) in [5.74, 6) is -1.08. The van der Waals surface area contributed by atoms with Crippen LogP contribution in [-0.4, -0.2) is 24.1 Å². The molecular weight excluding hydrogens is 148 g/mol. The highest BCUT2D eigenvalue weighted by Crippen LogP contribution is 1.94. The number of hydrogen-bond donors (Lipinski definition) is 0. The third-order valence-electron chi connectivity index (χ3n) is 1.11. The molecule has 0 atom stereocenters. The van der Waals surface area contributed by atoms with Gasteiger partial charge in [0.25, 0.3) is 0 Å². The molecule has 0 bridgehead atoms. The average Bonchev–Trinajstić information content (AvgIpc) is 2.04. The molecule has 0 saturated heterocycles. The highest BCUT2D eigenvalue weighted by molar-refractivity contribution is 6.26. The lowest BCUT2D eigenvalue weighted by molar-refractivity contribution is -0.131. The Morgan fingerprint density at radius 2 is 1.27 bits per heavy atom. The zero-order valence-electron chi connectivity index (χ0n) is 5.91. The Labute approximate surface area is 63.6 Å². The van der Waals surface area contributed by atoms with Gasteiger partial charge >= 0.3 is 0 Å². The summed E-state index contributed by atoms with van der Waals surface area (Å²) < 4.78 is 0. The van der Waals surface area contributed by atoms with Crippen LogP contribution in [-0.2, 0) is 19.2 Å². The van der Waals surface area contributed by atoms with E-state index in [1.54, 1.807) is 0 Å². The Morgan fingerprint density at radius 3 is 1.55 bits per heavy atom. The Balaban J connectivity index is 3.41. The molecule has 0 aliphatic carbocycles. The molecule has 0 unspecified atom stereocenters. The van der Waals surface area contributed by atoms with Crippen LogP contribution in [0.15, 0.2) is 0 Å². The fourth-order valence-corrected chi connectivity index (χ4v) is 0.555. The van der Waals surface area contributed by atoms with Crippen molar-refractivity contribution < 1.29 is 19.2 Å². The predicted molar refractivity (Wildman–Crippen MR) is 36.0 cm³/mol. The molecule has 0 aromatic heterocycles. The first-order chi connectivity index (χ1) is 5.20. The van der Waals surface area contributed by atoms with Gasteiger partial charge in [-0.05, 0) is 6.42 Å². The number of carbonyl (C=O) groups excluding carboxylic acids is 4. The number of hydrogen-bond acceptors (Lipinski definition) is 4. The molecule has 0 saturated carbocycles. The topological polar surface area (TPSA) is 68.3 Å². The largest absolute Gasteiger partial charge is 0.295 e. The molecule has 0 aliphatic rings. The van der Waals surface area contributed by atoms with Gasteiger partial charge in [-0.15, -0.1) is 0 Å². The number of ketones is 2. The summed E-state index contributed by atoms with van der Waals surface area (Å²) in [6.07, 6.45) is 0.790. The molecule has 60 valence electrons. The van der Waals surface area contributed by atoms with Gasteiger partial charge in [0.15, 0.2) is 24.1 Å². The van der Waals surface area contributed by atoms with Crippen LogP contribution in [0.2, 0.25) is 0 Å². The zero-order chi connectivity index (χ0) is 8.69. The maximum atomic E-state index is 10.3. The Morgan fingerprint density at radius 1 is 0.909 bits per heavy atom. The highest BCUT2D eigenvalue weighted by atomic mass is 16.2. The van der Waals surface area contributed by atoms with Crippen LogP contribution in [0.25, 0.3) is 0 Å². The zero-order valence-corrected chi connectivity index (χ0v) is 5.91. The first-order valence-electron chi connectivity index (χ1n) is 3.16. The molecule has 4 nitrogen and oxygen atoms in total. The predicted octanol–water partition coefficient (Wildman–Crippen LogP) is -0.307. The molecular formula is C7H8O4. The Bertz CT molecular complexity index is 163. The van der Waals surface area contributed by atoms with Crippen LogP contribution in [0.5, 0.6) is 0 Å². The Kier molecular flexibility index (Phi) is 4.81. The van der Waals surface area contributed by atoms with Gasteiger partial charge in [0.05, 0.1) is 0 Å². The molecule has 0 fully saturated rings. The van der Waals surface area contributed by atoms with Gasteiger partial charge in [-0.3, -0.25) is 19.2 Å². The summed E-state index contributed by atoms with van der Waals surface area (Å²) in [6.45, 7) is 0. The molecule has 0 N–H and O–H groups in total. The van der Waals surface area contributed by atoms with Gasteiger partial charge in [0.2, 0.25) is 0 Å². The van der Waals surface area contributed by atoms with Crippen LogP contribution in [0.1, 0.15) is 19.3 Å². The summed E-state index contributed by atoms with van der Waals surface area (Å²) in [7, 11) is 0. The molecule has 0 aliphatic heterocycles. The highest BCUT2D eigenvalue weighted by Gasteiger charge is 2.02. The molecule has 11 heavy (non-hydrogen) atoms. The first-order valence-corrected chi connectivity index (χ1v) is 3.16. The molecule has 0 aromatic carbocycles. The molecule has 0 amide bonds. The van der Waals surface area contributed by atoms with Crippen molar-refractivity contribution >= 4 is 24.1 Å². The first kappa shape index (κ1) is 9.68. The fraction of sp³-hybridized carbons (Fsp3) is 0.429. The second-order valence-electron chi connectivity index (χ2n) is 2.02. The lowest BCUT2D eigenvalue weighted by Crippen LogP contribution is -2.02. The quantitative estimate of drug-likeness (QED) is 0.391. The van der Waals surface area contributed by atoms with Gasteiger partial charge in [-0.2, -0.15) is 0 Å².